The van der Waals surface area contributed by atoms with Crippen molar-refractivity contribution in [3.05, 3.63) is 29.8 Å². The molecule has 0 spiro atoms. The first-order chi connectivity index (χ1) is 9.72. The second-order valence-electron chi connectivity index (χ2n) is 6.16. The molecule has 0 aromatic heterocycles. The van der Waals surface area contributed by atoms with E-state index in [9.17, 15) is 0 Å². The van der Waals surface area contributed by atoms with Gasteiger partial charge in [-0.2, -0.15) is 0 Å². The van der Waals surface area contributed by atoms with E-state index >= 15 is 0 Å². The zero-order valence-electron chi connectivity index (χ0n) is 13.2. The Bertz CT molecular complexity index is 402. The summed E-state index contributed by atoms with van der Waals surface area (Å²) in [6, 6.07) is 8.64. The second kappa shape index (κ2) is 7.68. The first kappa shape index (κ1) is 15.4. The maximum absolute atomic E-state index is 6.03. The highest BCUT2D eigenvalue weighted by Gasteiger charge is 2.28. The van der Waals surface area contributed by atoms with Crippen molar-refractivity contribution in [1.29, 1.82) is 0 Å². The van der Waals surface area contributed by atoms with Gasteiger partial charge in [0.2, 0.25) is 0 Å². The van der Waals surface area contributed by atoms with Gasteiger partial charge in [-0.15, -0.1) is 0 Å². The molecule has 2 rings (SSSR count). The summed E-state index contributed by atoms with van der Waals surface area (Å²) >= 11 is 0. The van der Waals surface area contributed by atoms with E-state index in [4.69, 9.17) is 4.74 Å². The van der Waals surface area contributed by atoms with Crippen molar-refractivity contribution in [2.75, 3.05) is 13.1 Å². The third-order valence-electron chi connectivity index (χ3n) is 4.25. The molecule has 1 aromatic carbocycles. The summed E-state index contributed by atoms with van der Waals surface area (Å²) < 4.78 is 6.03. The molecule has 1 aliphatic carbocycles. The maximum atomic E-state index is 6.03. The van der Waals surface area contributed by atoms with Gasteiger partial charge in [-0.3, -0.25) is 0 Å². The highest BCUT2D eigenvalue weighted by atomic mass is 16.5. The maximum Gasteiger partial charge on any atom is 0.123 e. The molecule has 0 radical (unpaired) electrons. The summed E-state index contributed by atoms with van der Waals surface area (Å²) in [5.74, 6) is 2.49. The fraction of sp³-hybridized carbons (Fsp3) is 0.667. The van der Waals surface area contributed by atoms with E-state index in [0.29, 0.717) is 5.92 Å². The number of nitrogens with one attached hydrogen (secondary N) is 1. The minimum absolute atomic E-state index is 0.243. The zero-order valence-corrected chi connectivity index (χ0v) is 13.2. The summed E-state index contributed by atoms with van der Waals surface area (Å²) in [5, 5.41) is 3.54. The smallest absolute Gasteiger partial charge is 0.123 e. The van der Waals surface area contributed by atoms with Gasteiger partial charge in [0, 0.05) is 0 Å². The monoisotopic (exact) mass is 275 g/mol. The van der Waals surface area contributed by atoms with Gasteiger partial charge in [-0.25, -0.2) is 0 Å². The van der Waals surface area contributed by atoms with E-state index in [0.717, 1.165) is 24.8 Å². The molecule has 112 valence electrons. The number of ether oxygens (including phenoxy) is 1. The molecule has 0 amide bonds. The van der Waals surface area contributed by atoms with Gasteiger partial charge in [0.15, 0.2) is 0 Å². The van der Waals surface area contributed by atoms with E-state index in [-0.39, 0.29) is 6.10 Å². The normalized spacial score (nSPS) is 23.0. The van der Waals surface area contributed by atoms with Crippen molar-refractivity contribution in [2.24, 2.45) is 5.92 Å². The summed E-state index contributed by atoms with van der Waals surface area (Å²) in [4.78, 5) is 0. The van der Waals surface area contributed by atoms with Crippen LogP contribution in [0.1, 0.15) is 57.9 Å². The Kier molecular flexibility index (Phi) is 5.90. The lowest BCUT2D eigenvalue weighted by Gasteiger charge is -2.33. The molecular formula is C18H29NO. The fourth-order valence-electron chi connectivity index (χ4n) is 3.34. The van der Waals surface area contributed by atoms with Gasteiger partial charge in [-0.1, -0.05) is 38.0 Å². The molecule has 20 heavy (non-hydrogen) atoms. The highest BCUT2D eigenvalue weighted by molar-refractivity contribution is 5.37. The van der Waals surface area contributed by atoms with Crippen molar-refractivity contribution in [2.45, 2.75) is 58.5 Å². The molecule has 1 fully saturated rings. The number of rotatable bonds is 6. The van der Waals surface area contributed by atoms with Crippen molar-refractivity contribution in [3.63, 3.8) is 0 Å². The van der Waals surface area contributed by atoms with Crippen molar-refractivity contribution < 1.29 is 4.74 Å². The van der Waals surface area contributed by atoms with Crippen LogP contribution in [0.3, 0.4) is 0 Å². The SMILES string of the molecule is CCNCC1CCCCC1c1ccccc1OC(C)C. The first-order valence-electron chi connectivity index (χ1n) is 8.18. The number of para-hydroxylation sites is 1. The molecule has 2 heteroatoms. The van der Waals surface area contributed by atoms with Crippen LogP contribution in [-0.2, 0) is 0 Å². The average Bonchev–Trinajstić information content (AvgIpc) is 2.45. The molecule has 2 unspecified atom stereocenters. The summed E-state index contributed by atoms with van der Waals surface area (Å²) in [7, 11) is 0. The van der Waals surface area contributed by atoms with Gasteiger partial charge in [0.25, 0.3) is 0 Å². The minimum Gasteiger partial charge on any atom is -0.491 e. The van der Waals surface area contributed by atoms with Gasteiger partial charge in [-0.05, 0) is 63.2 Å². The second-order valence-corrected chi connectivity index (χ2v) is 6.16. The quantitative estimate of drug-likeness (QED) is 0.833. The third kappa shape index (κ3) is 3.99. The average molecular weight is 275 g/mol. The van der Waals surface area contributed by atoms with Crippen LogP contribution in [0.5, 0.6) is 5.75 Å². The summed E-state index contributed by atoms with van der Waals surface area (Å²) in [5.41, 5.74) is 1.42. The zero-order chi connectivity index (χ0) is 14.4. The first-order valence-corrected chi connectivity index (χ1v) is 8.18. The van der Waals surface area contributed by atoms with Crippen LogP contribution < -0.4 is 10.1 Å². The molecule has 0 saturated heterocycles. The minimum atomic E-state index is 0.243. The molecular weight excluding hydrogens is 246 g/mol. The van der Waals surface area contributed by atoms with E-state index in [1.807, 2.05) is 0 Å². The fourth-order valence-corrected chi connectivity index (χ4v) is 3.34. The van der Waals surface area contributed by atoms with E-state index < -0.39 is 0 Å². The molecule has 0 bridgehead atoms. The molecule has 1 aromatic rings. The number of hydrogen-bond acceptors (Lipinski definition) is 2. The lowest BCUT2D eigenvalue weighted by molar-refractivity contribution is 0.229. The Hall–Kier alpha value is -1.02. The van der Waals surface area contributed by atoms with Gasteiger partial charge >= 0.3 is 0 Å². The van der Waals surface area contributed by atoms with Crippen LogP contribution in [0.25, 0.3) is 0 Å². The predicted molar refractivity (Wildman–Crippen MR) is 85.4 cm³/mol. The van der Waals surface area contributed by atoms with Gasteiger partial charge in [0.1, 0.15) is 5.75 Å². The van der Waals surface area contributed by atoms with E-state index in [1.54, 1.807) is 0 Å². The number of hydrogen-bond donors (Lipinski definition) is 1. The van der Waals surface area contributed by atoms with Crippen molar-refractivity contribution in [1.82, 2.24) is 5.32 Å². The van der Waals surface area contributed by atoms with Crippen LogP contribution in [0.4, 0.5) is 0 Å². The van der Waals surface area contributed by atoms with Crippen LogP contribution in [0.2, 0.25) is 0 Å². The predicted octanol–water partition coefficient (Wildman–Crippen LogP) is 4.36. The summed E-state index contributed by atoms with van der Waals surface area (Å²) in [6.45, 7) is 8.60. The highest BCUT2D eigenvalue weighted by Crippen LogP contribution is 2.41. The Morgan fingerprint density at radius 2 is 1.95 bits per heavy atom. The van der Waals surface area contributed by atoms with Crippen LogP contribution in [0.15, 0.2) is 24.3 Å². The van der Waals surface area contributed by atoms with Crippen molar-refractivity contribution >= 4 is 0 Å². The lowest BCUT2D eigenvalue weighted by atomic mass is 9.75. The van der Waals surface area contributed by atoms with Crippen LogP contribution >= 0.6 is 0 Å². The standard InChI is InChI=1S/C18H29NO/c1-4-19-13-15-9-5-6-10-16(15)17-11-7-8-12-18(17)20-14(2)3/h7-8,11-12,14-16,19H,4-6,9-10,13H2,1-3H3. The largest absolute Gasteiger partial charge is 0.491 e. The van der Waals surface area contributed by atoms with Crippen LogP contribution in [0, 0.1) is 5.92 Å². The van der Waals surface area contributed by atoms with Crippen LogP contribution in [-0.4, -0.2) is 19.2 Å². The van der Waals surface area contributed by atoms with Gasteiger partial charge in [0.05, 0.1) is 6.10 Å². The lowest BCUT2D eigenvalue weighted by Crippen LogP contribution is -2.29. The Balaban J connectivity index is 2.18. The molecule has 2 nitrogen and oxygen atoms in total. The van der Waals surface area contributed by atoms with E-state index in [2.05, 4.69) is 50.4 Å². The number of benzene rings is 1. The third-order valence-corrected chi connectivity index (χ3v) is 4.25. The molecule has 2 atom stereocenters. The molecule has 0 aliphatic heterocycles. The molecule has 1 N–H and O–H groups in total. The Morgan fingerprint density at radius 1 is 1.20 bits per heavy atom. The Labute approximate surface area is 123 Å². The van der Waals surface area contributed by atoms with Gasteiger partial charge < -0.3 is 10.1 Å². The van der Waals surface area contributed by atoms with Crippen molar-refractivity contribution in [3.8, 4) is 5.75 Å². The molecule has 0 heterocycles. The topological polar surface area (TPSA) is 21.3 Å². The summed E-state index contributed by atoms with van der Waals surface area (Å²) in [6.07, 6.45) is 5.61. The molecule has 1 aliphatic rings. The Morgan fingerprint density at radius 3 is 2.70 bits per heavy atom. The van der Waals surface area contributed by atoms with E-state index in [1.165, 1.54) is 31.2 Å². The molecule has 1 saturated carbocycles.